The molecule has 7 nitrogen and oxygen atoms in total. The maximum Gasteiger partial charge on any atom is 0.290 e. The Bertz CT molecular complexity index is 697. The lowest BCUT2D eigenvalue weighted by Crippen LogP contribution is -2.34. The highest BCUT2D eigenvalue weighted by Gasteiger charge is 2.27. The summed E-state index contributed by atoms with van der Waals surface area (Å²) in [6.07, 6.45) is 7.24. The highest BCUT2D eigenvalue weighted by molar-refractivity contribution is 5.48. The molecule has 0 N–H and O–H groups in total. The third-order valence-corrected chi connectivity index (χ3v) is 4.15. The van der Waals surface area contributed by atoms with E-state index in [1.807, 2.05) is 19.4 Å². The Hall–Kier alpha value is -2.44. The second kappa shape index (κ2) is 5.75. The molecule has 1 saturated heterocycles. The summed E-state index contributed by atoms with van der Waals surface area (Å²) in [6, 6.07) is 3.53. The molecule has 116 valence electrons. The monoisotopic (exact) mass is 301 g/mol. The molecule has 2 aromatic heterocycles. The molecule has 3 rings (SSSR count). The first kappa shape index (κ1) is 14.5. The topological polar surface area (TPSA) is 77.1 Å². The molecular formula is C15H19N5O2. The zero-order valence-corrected chi connectivity index (χ0v) is 12.8. The first-order valence-electron chi connectivity index (χ1n) is 7.43. The molecule has 1 aliphatic rings. The lowest BCUT2D eigenvalue weighted by molar-refractivity contribution is -0.385. The Balaban J connectivity index is 1.94. The van der Waals surface area contributed by atoms with Crippen LogP contribution in [-0.2, 0) is 7.05 Å². The van der Waals surface area contributed by atoms with Crippen LogP contribution in [-0.4, -0.2) is 26.2 Å². The summed E-state index contributed by atoms with van der Waals surface area (Å²) in [4.78, 5) is 17.2. The van der Waals surface area contributed by atoms with Crippen LogP contribution in [0.5, 0.6) is 0 Å². The fourth-order valence-electron chi connectivity index (χ4n) is 3.06. The van der Waals surface area contributed by atoms with Gasteiger partial charge in [-0.3, -0.25) is 14.8 Å². The summed E-state index contributed by atoms with van der Waals surface area (Å²) in [7, 11) is 1.91. The van der Waals surface area contributed by atoms with Crippen molar-refractivity contribution in [3.63, 3.8) is 0 Å². The quantitative estimate of drug-likeness (QED) is 0.643. The van der Waals surface area contributed by atoms with Crippen molar-refractivity contribution in [1.82, 2.24) is 14.8 Å². The summed E-state index contributed by atoms with van der Waals surface area (Å²) in [5.74, 6) is 0.802. The maximum atomic E-state index is 10.9. The highest BCUT2D eigenvalue weighted by Crippen LogP contribution is 2.34. The van der Waals surface area contributed by atoms with Crippen molar-refractivity contribution in [2.24, 2.45) is 7.05 Å². The number of hydrogen-bond acceptors (Lipinski definition) is 5. The van der Waals surface area contributed by atoms with E-state index in [2.05, 4.69) is 15.0 Å². The number of nitrogens with zero attached hydrogens (tertiary/aromatic N) is 5. The summed E-state index contributed by atoms with van der Waals surface area (Å²) < 4.78 is 1.80. The van der Waals surface area contributed by atoms with Gasteiger partial charge in [-0.25, -0.2) is 4.98 Å². The summed E-state index contributed by atoms with van der Waals surface area (Å²) in [6.45, 7) is 2.59. The predicted octanol–water partition coefficient (Wildman–Crippen LogP) is 2.76. The molecule has 0 radical (unpaired) electrons. The van der Waals surface area contributed by atoms with Crippen LogP contribution in [0.2, 0.25) is 0 Å². The second-order valence-corrected chi connectivity index (χ2v) is 5.68. The molecular weight excluding hydrogens is 282 g/mol. The molecule has 0 amide bonds. The Morgan fingerprint density at radius 2 is 2.18 bits per heavy atom. The maximum absolute atomic E-state index is 10.9. The van der Waals surface area contributed by atoms with Crippen LogP contribution in [0.3, 0.4) is 0 Å². The molecule has 0 aliphatic carbocycles. The number of aromatic nitrogens is 3. The van der Waals surface area contributed by atoms with Gasteiger partial charge in [-0.15, -0.1) is 0 Å². The Labute approximate surface area is 128 Å². The van der Waals surface area contributed by atoms with E-state index in [-0.39, 0.29) is 16.7 Å². The van der Waals surface area contributed by atoms with Gasteiger partial charge in [0.1, 0.15) is 11.5 Å². The molecule has 0 aromatic carbocycles. The molecule has 22 heavy (non-hydrogen) atoms. The number of rotatable bonds is 3. The zero-order valence-electron chi connectivity index (χ0n) is 12.8. The summed E-state index contributed by atoms with van der Waals surface area (Å²) in [5.41, 5.74) is 1.69. The van der Waals surface area contributed by atoms with Crippen LogP contribution in [0.15, 0.2) is 24.5 Å². The van der Waals surface area contributed by atoms with Gasteiger partial charge in [-0.1, -0.05) is 0 Å². The van der Waals surface area contributed by atoms with Gasteiger partial charge in [0.05, 0.1) is 17.2 Å². The summed E-state index contributed by atoms with van der Waals surface area (Å²) >= 11 is 0. The van der Waals surface area contributed by atoms with Crippen molar-refractivity contribution in [2.75, 3.05) is 11.4 Å². The number of pyridine rings is 1. The van der Waals surface area contributed by atoms with E-state index in [1.165, 1.54) is 12.0 Å². The fraction of sp³-hybridized carbons (Fsp3) is 0.467. The average molecular weight is 301 g/mol. The smallest absolute Gasteiger partial charge is 0.290 e. The van der Waals surface area contributed by atoms with Crippen LogP contribution in [0, 0.1) is 17.0 Å². The van der Waals surface area contributed by atoms with Crippen molar-refractivity contribution < 1.29 is 4.92 Å². The van der Waals surface area contributed by atoms with E-state index < -0.39 is 0 Å². The standard InChI is InChI=1S/C15H19N5O2/c1-11-13(20(21)22)6-7-15(17-11)19-8-4-3-5-14(19)12-9-16-18(2)10-12/h6-7,9-10,14H,3-5,8H2,1-2H3/t14-/m0/s1. The second-order valence-electron chi connectivity index (χ2n) is 5.68. The molecule has 0 spiro atoms. The Morgan fingerprint density at radius 3 is 2.82 bits per heavy atom. The van der Waals surface area contributed by atoms with Gasteiger partial charge >= 0.3 is 0 Å². The highest BCUT2D eigenvalue weighted by atomic mass is 16.6. The molecule has 0 unspecified atom stereocenters. The Morgan fingerprint density at radius 1 is 1.36 bits per heavy atom. The van der Waals surface area contributed by atoms with Crippen LogP contribution < -0.4 is 4.90 Å². The molecule has 3 heterocycles. The van der Waals surface area contributed by atoms with Crippen LogP contribution in [0.4, 0.5) is 11.5 Å². The van der Waals surface area contributed by atoms with E-state index >= 15 is 0 Å². The average Bonchev–Trinajstić information content (AvgIpc) is 2.93. The van der Waals surface area contributed by atoms with Crippen molar-refractivity contribution in [3.05, 3.63) is 45.9 Å². The van der Waals surface area contributed by atoms with Crippen LogP contribution >= 0.6 is 0 Å². The van der Waals surface area contributed by atoms with Gasteiger partial charge in [0.15, 0.2) is 0 Å². The minimum atomic E-state index is -0.388. The molecule has 1 fully saturated rings. The largest absolute Gasteiger partial charge is 0.349 e. The number of piperidine rings is 1. The number of aryl methyl sites for hydroxylation is 2. The lowest BCUT2D eigenvalue weighted by Gasteiger charge is -2.36. The van der Waals surface area contributed by atoms with Crippen LogP contribution in [0.25, 0.3) is 0 Å². The van der Waals surface area contributed by atoms with E-state index in [0.717, 1.165) is 25.2 Å². The van der Waals surface area contributed by atoms with Gasteiger partial charge in [0.2, 0.25) is 0 Å². The predicted molar refractivity (Wildman–Crippen MR) is 82.8 cm³/mol. The van der Waals surface area contributed by atoms with Gasteiger partial charge in [-0.05, 0) is 32.3 Å². The SMILES string of the molecule is Cc1nc(N2CCCC[C@H]2c2cnn(C)c2)ccc1[N+](=O)[O-]. The normalized spacial score (nSPS) is 18.5. The van der Waals surface area contributed by atoms with E-state index in [4.69, 9.17) is 0 Å². The van der Waals surface area contributed by atoms with E-state index in [1.54, 1.807) is 23.7 Å². The zero-order chi connectivity index (χ0) is 15.7. The van der Waals surface area contributed by atoms with Crippen LogP contribution in [0.1, 0.15) is 36.6 Å². The molecule has 1 aliphatic heterocycles. The van der Waals surface area contributed by atoms with Crippen molar-refractivity contribution in [1.29, 1.82) is 0 Å². The van der Waals surface area contributed by atoms with E-state index in [9.17, 15) is 10.1 Å². The van der Waals surface area contributed by atoms with Crippen molar-refractivity contribution in [3.8, 4) is 0 Å². The number of hydrogen-bond donors (Lipinski definition) is 0. The molecule has 7 heteroatoms. The van der Waals surface area contributed by atoms with Crippen molar-refractivity contribution >= 4 is 11.5 Å². The first-order chi connectivity index (χ1) is 10.6. The minimum absolute atomic E-state index is 0.0682. The fourth-order valence-corrected chi connectivity index (χ4v) is 3.06. The lowest BCUT2D eigenvalue weighted by atomic mass is 9.97. The molecule has 0 bridgehead atoms. The van der Waals surface area contributed by atoms with Gasteiger partial charge in [0, 0.05) is 31.4 Å². The summed E-state index contributed by atoms with van der Waals surface area (Å²) in [5, 5.41) is 15.2. The first-order valence-corrected chi connectivity index (χ1v) is 7.43. The molecule has 0 saturated carbocycles. The Kier molecular flexibility index (Phi) is 3.79. The van der Waals surface area contributed by atoms with Gasteiger partial charge < -0.3 is 4.90 Å². The van der Waals surface area contributed by atoms with E-state index in [0.29, 0.717) is 5.69 Å². The van der Waals surface area contributed by atoms with Crippen molar-refractivity contribution in [2.45, 2.75) is 32.2 Å². The number of nitro groups is 1. The molecule has 1 atom stereocenters. The van der Waals surface area contributed by atoms with Gasteiger partial charge in [-0.2, -0.15) is 5.10 Å². The number of anilines is 1. The van der Waals surface area contributed by atoms with Gasteiger partial charge in [0.25, 0.3) is 5.69 Å². The molecule has 2 aromatic rings. The minimum Gasteiger partial charge on any atom is -0.349 e. The third kappa shape index (κ3) is 2.66. The third-order valence-electron chi connectivity index (χ3n) is 4.15.